The summed E-state index contributed by atoms with van der Waals surface area (Å²) in [5, 5.41) is 75.2. The van der Waals surface area contributed by atoms with E-state index in [1.165, 1.54) is 19.1 Å². The lowest BCUT2D eigenvalue weighted by molar-refractivity contribution is -0.338. The largest absolute Gasteiger partial charge is 0.507 e. The van der Waals surface area contributed by atoms with Gasteiger partial charge in [0.15, 0.2) is 24.6 Å². The second-order valence-corrected chi connectivity index (χ2v) is 14.2. The summed E-state index contributed by atoms with van der Waals surface area (Å²) in [6.45, 7) is 2.19. The van der Waals surface area contributed by atoms with E-state index in [2.05, 4.69) is 0 Å². The maximum Gasteiger partial charge on any atom is 0.264 e. The molecule has 56 heavy (non-hydrogen) atoms. The minimum Gasteiger partial charge on any atom is -0.507 e. The Balaban J connectivity index is 1.48. The van der Waals surface area contributed by atoms with Gasteiger partial charge in [0.25, 0.3) is 5.91 Å². The Labute approximate surface area is 332 Å². The van der Waals surface area contributed by atoms with Crippen LogP contribution in [0.15, 0.2) is 94.3 Å². The van der Waals surface area contributed by atoms with Crippen molar-refractivity contribution in [2.24, 2.45) is 5.73 Å². The van der Waals surface area contributed by atoms with Crippen LogP contribution in [-0.4, -0.2) is 151 Å². The fourth-order valence-corrected chi connectivity index (χ4v) is 6.25. The SMILES string of the molecule is C/C(Cl)=C/C=C/C(Cl)=C/C=C/C=C/C=C/C=C/C(O)=C1\C(=O)[C@H](CC(N)=O)N(C2OCC(O)C(O)C2OC2OCC(O[C@@H]3O[C@H](C)[C@@H](O)[C@@H]3O)C(O)C2O)C1=O. The van der Waals surface area contributed by atoms with Crippen molar-refractivity contribution in [1.82, 2.24) is 4.90 Å². The molecule has 19 heteroatoms. The van der Waals surface area contributed by atoms with Crippen molar-refractivity contribution in [3.8, 4) is 0 Å². The van der Waals surface area contributed by atoms with Gasteiger partial charge in [0.05, 0.1) is 25.7 Å². The van der Waals surface area contributed by atoms with E-state index >= 15 is 0 Å². The Hall–Kier alpha value is -3.53. The maximum atomic E-state index is 13.8. The van der Waals surface area contributed by atoms with Crippen LogP contribution in [0.4, 0.5) is 0 Å². The number of likely N-dealkylation sites (tertiary alicyclic amines) is 1. The molecule has 0 bridgehead atoms. The van der Waals surface area contributed by atoms with E-state index in [1.807, 2.05) is 0 Å². The lowest BCUT2D eigenvalue weighted by atomic mass is 10.0. The topological polar surface area (TPSA) is 268 Å². The molecule has 2 amide bonds. The van der Waals surface area contributed by atoms with Crippen LogP contribution >= 0.6 is 23.2 Å². The Morgan fingerprint density at radius 1 is 0.821 bits per heavy atom. The zero-order chi connectivity index (χ0) is 41.3. The number of amides is 2. The van der Waals surface area contributed by atoms with Crippen LogP contribution in [0.2, 0.25) is 0 Å². The number of halogens is 2. The average molecular weight is 830 g/mol. The molecule has 0 spiro atoms. The first-order chi connectivity index (χ1) is 26.5. The highest BCUT2D eigenvalue weighted by atomic mass is 35.5. The molecule has 17 nitrogen and oxygen atoms in total. The van der Waals surface area contributed by atoms with Crippen molar-refractivity contribution in [3.05, 3.63) is 94.3 Å². The summed E-state index contributed by atoms with van der Waals surface area (Å²) < 4.78 is 27.9. The molecular formula is C37H46Cl2N2O15. The van der Waals surface area contributed by atoms with E-state index in [0.29, 0.717) is 10.1 Å². The summed E-state index contributed by atoms with van der Waals surface area (Å²) in [5.74, 6) is -3.88. The molecule has 0 aromatic rings. The number of rotatable bonds is 14. The number of allylic oxidation sites excluding steroid dienone is 14. The molecule has 4 rings (SSSR count). The summed E-state index contributed by atoms with van der Waals surface area (Å²) >= 11 is 11.8. The molecule has 0 aromatic carbocycles. The van der Waals surface area contributed by atoms with E-state index < -0.39 is 128 Å². The van der Waals surface area contributed by atoms with Crippen molar-refractivity contribution in [2.75, 3.05) is 13.2 Å². The Morgan fingerprint density at radius 2 is 1.46 bits per heavy atom. The fraction of sp³-hybridized carbons (Fsp3) is 0.486. The smallest absolute Gasteiger partial charge is 0.264 e. The number of hydrogen-bond donors (Lipinski definition) is 8. The number of aliphatic hydroxyl groups excluding tert-OH is 7. The van der Waals surface area contributed by atoms with Gasteiger partial charge in [0.2, 0.25) is 5.91 Å². The second-order valence-electron chi connectivity index (χ2n) is 13.1. The molecule has 0 radical (unpaired) electrons. The van der Waals surface area contributed by atoms with E-state index in [4.69, 9.17) is 52.6 Å². The number of ether oxygens (including phenoxy) is 5. The summed E-state index contributed by atoms with van der Waals surface area (Å²) in [5.41, 5.74) is 4.68. The van der Waals surface area contributed by atoms with Crippen molar-refractivity contribution in [3.63, 3.8) is 0 Å². The molecule has 4 fully saturated rings. The number of ketones is 1. The number of carbonyl (C=O) groups is 3. The van der Waals surface area contributed by atoms with Crippen LogP contribution in [-0.2, 0) is 38.1 Å². The van der Waals surface area contributed by atoms with Crippen LogP contribution in [0.5, 0.6) is 0 Å². The number of nitrogens with two attached hydrogens (primary N) is 1. The number of primary amides is 1. The number of Topliss-reactive ketones (excluding diaryl/α,β-unsaturated/α-hetero) is 1. The van der Waals surface area contributed by atoms with Crippen LogP contribution in [0.3, 0.4) is 0 Å². The Morgan fingerprint density at radius 3 is 2.09 bits per heavy atom. The fourth-order valence-electron chi connectivity index (χ4n) is 6.03. The summed E-state index contributed by atoms with van der Waals surface area (Å²) in [7, 11) is 0. The normalized spacial score (nSPS) is 37.5. The van der Waals surface area contributed by atoms with Crippen LogP contribution in [0.1, 0.15) is 20.3 Å². The van der Waals surface area contributed by atoms with Gasteiger partial charge in [-0.3, -0.25) is 19.3 Å². The first kappa shape index (κ1) is 45.2. The molecule has 0 aliphatic carbocycles. The van der Waals surface area contributed by atoms with Crippen molar-refractivity contribution in [2.45, 2.75) is 100 Å². The molecule has 4 heterocycles. The third kappa shape index (κ3) is 11.3. The highest BCUT2D eigenvalue weighted by molar-refractivity contribution is 6.31. The zero-order valence-electron chi connectivity index (χ0n) is 30.2. The van der Waals surface area contributed by atoms with Crippen LogP contribution in [0, 0.1) is 0 Å². The minimum atomic E-state index is -1.89. The monoisotopic (exact) mass is 828 g/mol. The third-order valence-electron chi connectivity index (χ3n) is 8.96. The summed E-state index contributed by atoms with van der Waals surface area (Å²) in [6, 6.07) is -1.63. The van der Waals surface area contributed by atoms with E-state index in [0.717, 1.165) is 11.0 Å². The average Bonchev–Trinajstić information content (AvgIpc) is 3.52. The van der Waals surface area contributed by atoms with Gasteiger partial charge >= 0.3 is 0 Å². The number of nitrogens with zero attached hydrogens (tertiary/aromatic N) is 1. The van der Waals surface area contributed by atoms with Gasteiger partial charge in [-0.2, -0.15) is 0 Å². The van der Waals surface area contributed by atoms with Crippen molar-refractivity contribution < 1.29 is 73.8 Å². The van der Waals surface area contributed by atoms with Crippen LogP contribution in [0.25, 0.3) is 0 Å². The second kappa shape index (κ2) is 20.8. The molecule has 13 atom stereocenters. The van der Waals surface area contributed by atoms with Gasteiger partial charge < -0.3 is 65.2 Å². The molecule has 4 aliphatic heterocycles. The quantitative estimate of drug-likeness (QED) is 0.0492. The highest BCUT2D eigenvalue weighted by Gasteiger charge is 2.56. The number of carbonyl (C=O) groups excluding carboxylic acids is 3. The van der Waals surface area contributed by atoms with Gasteiger partial charge in [0, 0.05) is 10.1 Å². The lowest BCUT2D eigenvalue weighted by Gasteiger charge is -2.46. The van der Waals surface area contributed by atoms with Crippen molar-refractivity contribution in [1.29, 1.82) is 0 Å². The molecule has 4 aliphatic rings. The summed E-state index contributed by atoms with van der Waals surface area (Å²) in [4.78, 5) is 40.2. The molecule has 8 unspecified atom stereocenters. The Kier molecular flexibility index (Phi) is 16.7. The minimum absolute atomic E-state index is 0.464. The third-order valence-corrected chi connectivity index (χ3v) is 9.34. The predicted molar refractivity (Wildman–Crippen MR) is 198 cm³/mol. The molecule has 0 saturated carbocycles. The molecule has 4 saturated heterocycles. The predicted octanol–water partition coefficient (Wildman–Crippen LogP) is -0.107. The van der Waals surface area contributed by atoms with Crippen molar-refractivity contribution >= 4 is 40.8 Å². The highest BCUT2D eigenvalue weighted by Crippen LogP contribution is 2.35. The molecule has 0 aromatic heterocycles. The van der Waals surface area contributed by atoms with E-state index in [9.17, 15) is 50.1 Å². The lowest BCUT2D eigenvalue weighted by Crippen LogP contribution is -2.65. The first-order valence-electron chi connectivity index (χ1n) is 17.4. The van der Waals surface area contributed by atoms with Gasteiger partial charge in [-0.25, -0.2) is 0 Å². The van der Waals surface area contributed by atoms with Gasteiger partial charge in [-0.15, -0.1) is 0 Å². The van der Waals surface area contributed by atoms with Gasteiger partial charge in [-0.1, -0.05) is 71.8 Å². The van der Waals surface area contributed by atoms with E-state index in [-0.39, 0.29) is 0 Å². The zero-order valence-corrected chi connectivity index (χ0v) is 31.7. The molecular weight excluding hydrogens is 783 g/mol. The Bertz CT molecular complexity index is 1670. The molecule has 9 N–H and O–H groups in total. The maximum absolute atomic E-state index is 13.8. The number of hydrogen-bond acceptors (Lipinski definition) is 15. The van der Waals surface area contributed by atoms with E-state index in [1.54, 1.807) is 61.6 Å². The van der Waals surface area contributed by atoms with Crippen LogP contribution < -0.4 is 5.73 Å². The molecule has 308 valence electrons. The summed E-state index contributed by atoms with van der Waals surface area (Å²) in [6.07, 6.45) is -0.244. The standard InChI is InChI=1S/C37H46Cl2N2O15/c1-18(38)11-10-13-20(39)12-8-6-4-3-5-7-9-14-22(42)26-28(46)21(15-25(40)44)41(34(26)51)35-33(29(47)23(43)16-52-35)56-36-32(50)30(48)24(17-53-36)55-37-31(49)27(45)19(2)54-37/h3-14,19,21,23-24,27,29-33,35-37,42-43,45,47-50H,15-17H2,1-2H3,(H2,40,44)/b4-3+,7-5+,8-6+,13-10+,14-9+,18-11-,20-12-,26-22-/t19-,21+,23?,24?,27-,29?,30?,31+,32?,33?,35?,36?,37+/m1/s1. The first-order valence-corrected chi connectivity index (χ1v) is 18.2. The number of aliphatic hydroxyl groups is 7. The van der Waals surface area contributed by atoms with Gasteiger partial charge in [-0.05, 0) is 38.2 Å². The van der Waals surface area contributed by atoms with Gasteiger partial charge in [0.1, 0.15) is 66.2 Å².